The Morgan fingerprint density at radius 1 is 0.968 bits per heavy atom. The van der Waals surface area contributed by atoms with Gasteiger partial charge >= 0.3 is 0 Å². The van der Waals surface area contributed by atoms with Gasteiger partial charge in [-0.15, -0.1) is 0 Å². The third kappa shape index (κ3) is 4.09. The number of fused-ring (bicyclic) bond motifs is 1. The van der Waals surface area contributed by atoms with Crippen LogP contribution in [-0.2, 0) is 13.0 Å². The van der Waals surface area contributed by atoms with Crippen LogP contribution < -0.4 is 4.90 Å². The molecular formula is C26H29N3O2. The van der Waals surface area contributed by atoms with Crippen molar-refractivity contribution in [3.8, 4) is 11.5 Å². The molecule has 1 fully saturated rings. The zero-order chi connectivity index (χ0) is 21.2. The van der Waals surface area contributed by atoms with Crippen molar-refractivity contribution in [2.45, 2.75) is 45.6 Å². The number of para-hydroxylation sites is 1. The minimum Gasteiger partial charge on any atom is -0.441 e. The number of amides is 1. The van der Waals surface area contributed by atoms with E-state index >= 15 is 0 Å². The lowest BCUT2D eigenvalue weighted by molar-refractivity contribution is 0.0761. The maximum atomic E-state index is 12.8. The molecule has 0 atom stereocenters. The molecule has 3 heterocycles. The second-order valence-electron chi connectivity index (χ2n) is 8.61. The molecule has 1 saturated heterocycles. The average Bonchev–Trinajstić information content (AvgIpc) is 3.25. The molecule has 5 rings (SSSR count). The van der Waals surface area contributed by atoms with Crippen LogP contribution in [0.1, 0.15) is 53.1 Å². The molecule has 0 saturated carbocycles. The Labute approximate surface area is 183 Å². The summed E-state index contributed by atoms with van der Waals surface area (Å²) in [5, 5.41) is 0. The van der Waals surface area contributed by atoms with Crippen molar-refractivity contribution in [3.63, 3.8) is 0 Å². The van der Waals surface area contributed by atoms with Gasteiger partial charge in [0.05, 0.1) is 6.54 Å². The van der Waals surface area contributed by atoms with Crippen LogP contribution in [0.5, 0.6) is 0 Å². The van der Waals surface area contributed by atoms with Gasteiger partial charge in [0.2, 0.25) is 5.89 Å². The molecule has 31 heavy (non-hydrogen) atoms. The number of oxazole rings is 1. The van der Waals surface area contributed by atoms with Crippen molar-refractivity contribution < 1.29 is 9.21 Å². The monoisotopic (exact) mass is 415 g/mol. The Hall–Kier alpha value is -3.08. The summed E-state index contributed by atoms with van der Waals surface area (Å²) in [7, 11) is 0. The molecule has 0 radical (unpaired) electrons. The summed E-state index contributed by atoms with van der Waals surface area (Å²) in [5.74, 6) is 1.60. The third-order valence-corrected chi connectivity index (χ3v) is 6.49. The van der Waals surface area contributed by atoms with Crippen LogP contribution in [-0.4, -0.2) is 35.4 Å². The molecule has 0 aliphatic carbocycles. The zero-order valence-corrected chi connectivity index (χ0v) is 18.1. The predicted molar refractivity (Wildman–Crippen MR) is 122 cm³/mol. The molecule has 0 bridgehead atoms. The number of carbonyl (C=O) groups is 1. The summed E-state index contributed by atoms with van der Waals surface area (Å²) in [5.41, 5.74) is 5.30. The molecular weight excluding hydrogens is 386 g/mol. The number of aryl methyl sites for hydroxylation is 1. The summed E-state index contributed by atoms with van der Waals surface area (Å²) < 4.78 is 6.00. The van der Waals surface area contributed by atoms with E-state index in [1.165, 1.54) is 24.1 Å². The molecule has 2 aromatic carbocycles. The van der Waals surface area contributed by atoms with E-state index in [4.69, 9.17) is 9.40 Å². The molecule has 0 spiro atoms. The molecule has 2 aliphatic rings. The second kappa shape index (κ2) is 8.58. The van der Waals surface area contributed by atoms with Crippen LogP contribution >= 0.6 is 0 Å². The third-order valence-electron chi connectivity index (χ3n) is 6.49. The van der Waals surface area contributed by atoms with Crippen molar-refractivity contribution in [1.82, 2.24) is 9.88 Å². The van der Waals surface area contributed by atoms with E-state index in [0.717, 1.165) is 68.0 Å². The first kappa shape index (κ1) is 19.9. The normalized spacial score (nSPS) is 16.3. The lowest BCUT2D eigenvalue weighted by atomic mass is 10.1. The highest BCUT2D eigenvalue weighted by Gasteiger charge is 2.22. The Balaban J connectivity index is 1.30. The number of hydrogen-bond donors (Lipinski definition) is 0. The number of likely N-dealkylation sites (tertiary alicyclic amines) is 1. The van der Waals surface area contributed by atoms with Gasteiger partial charge in [-0.3, -0.25) is 4.79 Å². The highest BCUT2D eigenvalue weighted by molar-refractivity contribution is 5.94. The first-order chi connectivity index (χ1) is 15.2. The smallest absolute Gasteiger partial charge is 0.253 e. The predicted octanol–water partition coefficient (Wildman–Crippen LogP) is 5.23. The van der Waals surface area contributed by atoms with Crippen LogP contribution in [0.3, 0.4) is 0 Å². The molecule has 0 N–H and O–H groups in total. The fourth-order valence-corrected chi connectivity index (χ4v) is 4.66. The van der Waals surface area contributed by atoms with Crippen molar-refractivity contribution in [1.29, 1.82) is 0 Å². The van der Waals surface area contributed by atoms with E-state index in [0.29, 0.717) is 5.89 Å². The van der Waals surface area contributed by atoms with Gasteiger partial charge < -0.3 is 14.2 Å². The highest BCUT2D eigenvalue weighted by atomic mass is 16.4. The topological polar surface area (TPSA) is 49.6 Å². The lowest BCUT2D eigenvalue weighted by Gasteiger charge is -2.20. The van der Waals surface area contributed by atoms with Gasteiger partial charge in [0, 0.05) is 36.4 Å². The number of rotatable bonds is 4. The maximum Gasteiger partial charge on any atom is 0.253 e. The van der Waals surface area contributed by atoms with Gasteiger partial charge in [-0.25, -0.2) is 4.98 Å². The quantitative estimate of drug-likeness (QED) is 0.586. The highest BCUT2D eigenvalue weighted by Crippen LogP contribution is 2.30. The molecule has 5 heteroatoms. The second-order valence-corrected chi connectivity index (χ2v) is 8.61. The van der Waals surface area contributed by atoms with E-state index in [2.05, 4.69) is 29.2 Å². The first-order valence-corrected chi connectivity index (χ1v) is 11.4. The molecule has 2 aliphatic heterocycles. The minimum atomic E-state index is 0.130. The Bertz CT molecular complexity index is 1060. The van der Waals surface area contributed by atoms with E-state index in [1.807, 2.05) is 36.1 Å². The van der Waals surface area contributed by atoms with Crippen molar-refractivity contribution in [3.05, 3.63) is 71.1 Å². The fraction of sp³-hybridized carbons (Fsp3) is 0.385. The molecule has 1 amide bonds. The van der Waals surface area contributed by atoms with Gasteiger partial charge in [0.15, 0.2) is 0 Å². The number of hydrogen-bond acceptors (Lipinski definition) is 4. The van der Waals surface area contributed by atoms with Gasteiger partial charge in [-0.2, -0.15) is 0 Å². The molecule has 0 unspecified atom stereocenters. The van der Waals surface area contributed by atoms with E-state index < -0.39 is 0 Å². The summed E-state index contributed by atoms with van der Waals surface area (Å²) >= 11 is 0. The summed E-state index contributed by atoms with van der Waals surface area (Å²) in [6.45, 7) is 5.46. The van der Waals surface area contributed by atoms with Crippen LogP contribution in [0, 0.1) is 6.92 Å². The number of anilines is 1. The van der Waals surface area contributed by atoms with Gasteiger partial charge in [0.1, 0.15) is 11.5 Å². The van der Waals surface area contributed by atoms with E-state index in [1.54, 1.807) is 0 Å². The Morgan fingerprint density at radius 3 is 2.48 bits per heavy atom. The van der Waals surface area contributed by atoms with Crippen molar-refractivity contribution >= 4 is 11.6 Å². The maximum absolute atomic E-state index is 12.8. The van der Waals surface area contributed by atoms with E-state index in [9.17, 15) is 4.79 Å². The molecule has 160 valence electrons. The Morgan fingerprint density at radius 2 is 1.71 bits per heavy atom. The van der Waals surface area contributed by atoms with Crippen molar-refractivity contribution in [2.75, 3.05) is 24.5 Å². The lowest BCUT2D eigenvalue weighted by Crippen LogP contribution is -2.31. The zero-order valence-electron chi connectivity index (χ0n) is 18.1. The number of aromatic nitrogens is 1. The summed E-state index contributed by atoms with van der Waals surface area (Å²) in [4.78, 5) is 22.0. The number of benzene rings is 2. The summed E-state index contributed by atoms with van der Waals surface area (Å²) in [6, 6.07) is 16.3. The average molecular weight is 416 g/mol. The van der Waals surface area contributed by atoms with Gasteiger partial charge in [-0.05, 0) is 62.1 Å². The van der Waals surface area contributed by atoms with Crippen molar-refractivity contribution in [2.24, 2.45) is 0 Å². The number of nitrogens with zero attached hydrogens (tertiary/aromatic N) is 3. The SMILES string of the molecule is Cc1oc(-c2ccc(C(=O)N3CCCCCC3)cc2)nc1CN1CCc2ccccc21. The molecule has 3 aromatic rings. The first-order valence-electron chi connectivity index (χ1n) is 11.4. The summed E-state index contributed by atoms with van der Waals surface area (Å²) in [6.07, 6.45) is 5.72. The van der Waals surface area contributed by atoms with Crippen LogP contribution in [0.2, 0.25) is 0 Å². The molecule has 1 aromatic heterocycles. The van der Waals surface area contributed by atoms with Gasteiger partial charge in [0.25, 0.3) is 5.91 Å². The largest absolute Gasteiger partial charge is 0.441 e. The van der Waals surface area contributed by atoms with Crippen LogP contribution in [0.4, 0.5) is 5.69 Å². The fourth-order valence-electron chi connectivity index (χ4n) is 4.66. The number of carbonyl (C=O) groups excluding carboxylic acids is 1. The van der Waals surface area contributed by atoms with Crippen LogP contribution in [0.25, 0.3) is 11.5 Å². The van der Waals surface area contributed by atoms with E-state index in [-0.39, 0.29) is 5.91 Å². The Kier molecular flexibility index (Phi) is 5.49. The standard InChI is InChI=1S/C26H29N3O2/c1-19-23(18-29-17-14-20-8-4-5-9-24(20)29)27-25(31-19)21-10-12-22(13-11-21)26(30)28-15-6-2-3-7-16-28/h4-5,8-13H,2-3,6-7,14-18H2,1H3. The molecule has 5 nitrogen and oxygen atoms in total. The minimum absolute atomic E-state index is 0.130. The van der Waals surface area contributed by atoms with Crippen LogP contribution in [0.15, 0.2) is 52.9 Å². The van der Waals surface area contributed by atoms with Gasteiger partial charge in [-0.1, -0.05) is 31.0 Å².